The molecule has 0 spiro atoms. The molecule has 1 aromatic heterocycles. The number of hydrogen-bond donors (Lipinski definition) is 2. The average Bonchev–Trinajstić information content (AvgIpc) is 3.43. The van der Waals surface area contributed by atoms with Crippen molar-refractivity contribution in [2.75, 3.05) is 10.2 Å². The molecule has 0 unspecified atom stereocenters. The van der Waals surface area contributed by atoms with Gasteiger partial charge in [0, 0.05) is 23.7 Å². The number of benzene rings is 2. The van der Waals surface area contributed by atoms with E-state index in [0.717, 1.165) is 4.90 Å². The summed E-state index contributed by atoms with van der Waals surface area (Å²) in [4.78, 5) is 49.7. The molecule has 34 heavy (non-hydrogen) atoms. The molecule has 0 saturated carbocycles. The van der Waals surface area contributed by atoms with Gasteiger partial charge in [0.25, 0.3) is 11.8 Å². The predicted octanol–water partition coefficient (Wildman–Crippen LogP) is 3.26. The van der Waals surface area contributed by atoms with Crippen LogP contribution in [0.3, 0.4) is 0 Å². The van der Waals surface area contributed by atoms with Crippen molar-refractivity contribution in [2.24, 2.45) is 0 Å². The molecule has 2 aliphatic heterocycles. The van der Waals surface area contributed by atoms with Gasteiger partial charge >= 0.3 is 35.5 Å². The molecule has 8 nitrogen and oxygen atoms in total. The Kier molecular flexibility index (Phi) is 6.14. The number of hydrogen-bond acceptors (Lipinski definition) is 5. The normalized spacial score (nSPS) is 16.3. The Hall–Kier alpha value is -3.72. The fourth-order valence-corrected chi connectivity index (χ4v) is 3.97. The van der Waals surface area contributed by atoms with E-state index in [4.69, 9.17) is 4.42 Å². The number of carbonyl (C=O) groups is 4. The van der Waals surface area contributed by atoms with Crippen molar-refractivity contribution in [1.82, 2.24) is 0 Å². The predicted molar refractivity (Wildman–Crippen MR) is 128 cm³/mol. The van der Waals surface area contributed by atoms with Crippen LogP contribution in [0.15, 0.2) is 59.0 Å². The first-order valence-electron chi connectivity index (χ1n) is 10.00. The molecule has 2 N–H and O–H groups in total. The molecule has 2 aromatic carbocycles. The van der Waals surface area contributed by atoms with Crippen molar-refractivity contribution in [3.8, 4) is 0 Å². The molecule has 0 atom stereocenters. The monoisotopic (exact) mass is 464 g/mol. The van der Waals surface area contributed by atoms with Crippen LogP contribution in [-0.4, -0.2) is 58.4 Å². The number of imide groups is 1. The van der Waals surface area contributed by atoms with Crippen molar-refractivity contribution in [3.63, 3.8) is 0 Å². The number of nitrogens with one attached hydrogen (secondary N) is 1. The van der Waals surface area contributed by atoms with E-state index in [1.807, 2.05) is 0 Å². The number of para-hydroxylation sites is 1. The third kappa shape index (κ3) is 3.92. The Morgan fingerprint density at radius 2 is 1.62 bits per heavy atom. The van der Waals surface area contributed by atoms with E-state index in [2.05, 4.69) is 5.32 Å². The van der Waals surface area contributed by atoms with Gasteiger partial charge in [0.15, 0.2) is 0 Å². The fourth-order valence-electron chi connectivity index (χ4n) is 3.97. The summed E-state index contributed by atoms with van der Waals surface area (Å²) < 4.78 is 5.80. The van der Waals surface area contributed by atoms with Gasteiger partial charge in [0.1, 0.15) is 11.5 Å². The second-order valence-corrected chi connectivity index (χ2v) is 7.55. The second-order valence-electron chi connectivity index (χ2n) is 7.55. The number of nitrogens with zero attached hydrogens (tertiary/aromatic N) is 1. The van der Waals surface area contributed by atoms with Gasteiger partial charge in [-0.25, -0.2) is 9.69 Å². The average molecular weight is 464 g/mol. The molecule has 164 valence electrons. The van der Waals surface area contributed by atoms with Gasteiger partial charge in [-0.05, 0) is 48.6 Å². The molecule has 9 heteroatoms. The summed E-state index contributed by atoms with van der Waals surface area (Å²) in [5.74, 6) is -1.57. The van der Waals surface area contributed by atoms with Crippen LogP contribution in [0, 0.1) is 0 Å². The van der Waals surface area contributed by atoms with E-state index < -0.39 is 11.9 Å². The van der Waals surface area contributed by atoms with Gasteiger partial charge in [0.05, 0.1) is 22.4 Å². The molecular weight excluding hydrogens is 447 g/mol. The van der Waals surface area contributed by atoms with E-state index in [1.165, 1.54) is 25.1 Å². The molecule has 2 aliphatic rings. The molecule has 0 aliphatic carbocycles. The minimum atomic E-state index is -1.09. The molecule has 3 amide bonds. The van der Waals surface area contributed by atoms with Gasteiger partial charge in [-0.3, -0.25) is 14.4 Å². The van der Waals surface area contributed by atoms with Crippen LogP contribution in [-0.2, 0) is 14.4 Å². The van der Waals surface area contributed by atoms with Crippen LogP contribution in [0.1, 0.15) is 39.9 Å². The quantitative estimate of drug-likeness (QED) is 0.454. The van der Waals surface area contributed by atoms with Crippen LogP contribution in [0.5, 0.6) is 0 Å². The molecule has 0 radical (unpaired) electrons. The third-order valence-electron chi connectivity index (χ3n) is 5.45. The zero-order valence-electron chi connectivity index (χ0n) is 17.3. The Labute approximate surface area is 215 Å². The number of carbonyl (C=O) groups excluding carboxylic acids is 3. The third-order valence-corrected chi connectivity index (χ3v) is 5.45. The number of amides is 3. The van der Waals surface area contributed by atoms with Crippen LogP contribution in [0.25, 0.3) is 23.3 Å². The molecule has 0 saturated heterocycles. The molecule has 3 heterocycles. The zero-order valence-corrected chi connectivity index (χ0v) is 17.3. The van der Waals surface area contributed by atoms with Gasteiger partial charge in [-0.2, -0.15) is 0 Å². The molecule has 5 rings (SSSR count). The van der Waals surface area contributed by atoms with Crippen LogP contribution in [0.4, 0.5) is 11.4 Å². The maximum atomic E-state index is 12.8. The fraction of sp³-hybridized carbons (Fsp3) is 0.0400. The van der Waals surface area contributed by atoms with Crippen molar-refractivity contribution in [2.45, 2.75) is 6.92 Å². The van der Waals surface area contributed by atoms with Crippen LogP contribution in [0.2, 0.25) is 0 Å². The van der Waals surface area contributed by atoms with E-state index in [-0.39, 0.29) is 52.5 Å². The molecule has 0 fully saturated rings. The van der Waals surface area contributed by atoms with Gasteiger partial charge < -0.3 is 14.8 Å². The maximum absolute atomic E-state index is 12.8. The van der Waals surface area contributed by atoms with E-state index in [1.54, 1.807) is 48.5 Å². The van der Waals surface area contributed by atoms with Crippen molar-refractivity contribution in [3.05, 3.63) is 82.8 Å². The number of furan rings is 1. The van der Waals surface area contributed by atoms with Crippen molar-refractivity contribution < 1.29 is 28.7 Å². The van der Waals surface area contributed by atoms with E-state index >= 15 is 0 Å². The first-order valence-corrected chi connectivity index (χ1v) is 10.00. The number of carboxylic acid groups (broad SMARTS) is 1. The summed E-state index contributed by atoms with van der Waals surface area (Å²) >= 11 is 0. The number of anilines is 2. The van der Waals surface area contributed by atoms with Crippen LogP contribution < -0.4 is 10.2 Å². The zero-order chi connectivity index (χ0) is 23.3. The van der Waals surface area contributed by atoms with Gasteiger partial charge in [-0.15, -0.1) is 0 Å². The molecule has 0 bridgehead atoms. The Balaban J connectivity index is 0.00000274. The Morgan fingerprint density at radius 3 is 2.29 bits per heavy atom. The SMILES string of the molecule is CC(=O)N1C(=O)/C(=C/c2ccc(/C=C3/C(=O)Nc4ccc(C(=O)O)cc43)o2)c2ccccc21.[NaH]. The summed E-state index contributed by atoms with van der Waals surface area (Å²) in [5.41, 5.74) is 2.78. The van der Waals surface area contributed by atoms with E-state index in [0.29, 0.717) is 39.6 Å². The van der Waals surface area contributed by atoms with Crippen LogP contribution >= 0.6 is 0 Å². The summed E-state index contributed by atoms with van der Waals surface area (Å²) in [6.07, 6.45) is 3.07. The first kappa shape index (κ1) is 23.4. The van der Waals surface area contributed by atoms with Gasteiger partial charge in [0.2, 0.25) is 5.91 Å². The Morgan fingerprint density at radius 1 is 0.941 bits per heavy atom. The Bertz CT molecular complexity index is 1450. The molecule has 3 aromatic rings. The topological polar surface area (TPSA) is 117 Å². The van der Waals surface area contributed by atoms with Crippen molar-refractivity contribution >= 4 is 87.9 Å². The number of carboxylic acids is 1. The minimum absolute atomic E-state index is 0. The van der Waals surface area contributed by atoms with Crippen molar-refractivity contribution in [1.29, 1.82) is 0 Å². The number of rotatable bonds is 3. The van der Waals surface area contributed by atoms with E-state index in [9.17, 15) is 24.3 Å². The summed E-state index contributed by atoms with van der Waals surface area (Å²) in [7, 11) is 0. The standard InChI is InChI=1S/C25H16N2O6.Na.H/c1-13(28)27-22-5-3-2-4-17(22)20(24(27)30)12-16-8-7-15(33-16)11-19-18-10-14(25(31)32)6-9-21(18)26-23(19)29;;/h2-12H,1H3,(H,26,29)(H,31,32);;/b19-11+,20-12+;;. The number of fused-ring (bicyclic) bond motifs is 2. The number of aromatic carboxylic acids is 1. The first-order chi connectivity index (χ1) is 15.8. The molecular formula is C25H17N2NaO6. The summed E-state index contributed by atoms with van der Waals surface area (Å²) in [5, 5.41) is 11.9. The summed E-state index contributed by atoms with van der Waals surface area (Å²) in [6.45, 7) is 1.33. The second kappa shape index (κ2) is 8.90. The summed E-state index contributed by atoms with van der Waals surface area (Å²) in [6, 6.07) is 14.7. The van der Waals surface area contributed by atoms with Gasteiger partial charge in [-0.1, -0.05) is 18.2 Å².